The van der Waals surface area contributed by atoms with Gasteiger partial charge in [-0.15, -0.1) is 0 Å². The lowest BCUT2D eigenvalue weighted by atomic mass is 10.0. The molecule has 0 radical (unpaired) electrons. The van der Waals surface area contributed by atoms with E-state index >= 15 is 0 Å². The molecule has 3 rings (SSSR count). The fourth-order valence-electron chi connectivity index (χ4n) is 2.51. The fraction of sp³-hybridized carbons (Fsp3) is 0.100. The number of nitrogen functional groups attached to an aromatic ring is 1. The van der Waals surface area contributed by atoms with Crippen molar-refractivity contribution >= 4 is 34.8 Å². The van der Waals surface area contributed by atoms with Crippen LogP contribution in [0.1, 0.15) is 15.9 Å². The first-order valence-electron chi connectivity index (χ1n) is 8.09. The number of ketones is 1. The normalized spacial score (nSPS) is 10.4. The lowest BCUT2D eigenvalue weighted by Crippen LogP contribution is -2.09. The maximum atomic E-state index is 13.0. The topological polar surface area (TPSA) is 83.7 Å². The SMILES string of the molecule is COc1cc(C(=O)c2ccc(Oc3ccc(Cl)cc3)nc2N)c(OC)cc1Cl. The molecular weight excluding hydrogens is 403 g/mol. The Hall–Kier alpha value is -2.96. The van der Waals surface area contributed by atoms with E-state index in [0.717, 1.165) is 0 Å². The Morgan fingerprint density at radius 2 is 1.61 bits per heavy atom. The molecule has 0 saturated carbocycles. The maximum Gasteiger partial charge on any atom is 0.221 e. The summed E-state index contributed by atoms with van der Waals surface area (Å²) in [5.74, 6) is 1.08. The first kappa shape index (κ1) is 19.8. The van der Waals surface area contributed by atoms with Crippen LogP contribution in [0.15, 0.2) is 48.5 Å². The number of hydrogen-bond acceptors (Lipinski definition) is 6. The van der Waals surface area contributed by atoms with Crippen molar-refractivity contribution in [3.05, 3.63) is 69.7 Å². The second-order valence-electron chi connectivity index (χ2n) is 5.65. The molecule has 2 aromatic carbocycles. The Morgan fingerprint density at radius 1 is 0.929 bits per heavy atom. The highest BCUT2D eigenvalue weighted by Gasteiger charge is 2.21. The van der Waals surface area contributed by atoms with Crippen LogP contribution in [-0.4, -0.2) is 25.0 Å². The number of carbonyl (C=O) groups is 1. The predicted molar refractivity (Wildman–Crippen MR) is 108 cm³/mol. The predicted octanol–water partition coefficient (Wildman–Crippen LogP) is 5.01. The summed E-state index contributed by atoms with van der Waals surface area (Å²) in [6.07, 6.45) is 0. The van der Waals surface area contributed by atoms with Gasteiger partial charge in [0.2, 0.25) is 11.7 Å². The quantitative estimate of drug-likeness (QED) is 0.566. The van der Waals surface area contributed by atoms with Gasteiger partial charge in [0.25, 0.3) is 0 Å². The average molecular weight is 419 g/mol. The Balaban J connectivity index is 1.92. The molecule has 1 heterocycles. The van der Waals surface area contributed by atoms with Gasteiger partial charge in [-0.1, -0.05) is 23.2 Å². The van der Waals surface area contributed by atoms with Crippen LogP contribution in [0.3, 0.4) is 0 Å². The van der Waals surface area contributed by atoms with E-state index in [0.29, 0.717) is 27.3 Å². The third-order valence-corrected chi connectivity index (χ3v) is 4.45. The first-order chi connectivity index (χ1) is 13.4. The molecule has 0 aliphatic carbocycles. The van der Waals surface area contributed by atoms with Crippen LogP contribution in [0, 0.1) is 0 Å². The number of nitrogens with two attached hydrogens (primary N) is 1. The van der Waals surface area contributed by atoms with Crippen molar-refractivity contribution in [3.63, 3.8) is 0 Å². The third-order valence-electron chi connectivity index (χ3n) is 3.90. The number of pyridine rings is 1. The van der Waals surface area contributed by atoms with E-state index < -0.39 is 0 Å². The van der Waals surface area contributed by atoms with E-state index in [9.17, 15) is 4.79 Å². The van der Waals surface area contributed by atoms with E-state index in [2.05, 4.69) is 4.98 Å². The molecule has 0 saturated heterocycles. The van der Waals surface area contributed by atoms with Gasteiger partial charge in [-0.2, -0.15) is 4.98 Å². The summed E-state index contributed by atoms with van der Waals surface area (Å²) < 4.78 is 16.1. The molecule has 2 N–H and O–H groups in total. The van der Waals surface area contributed by atoms with E-state index in [1.165, 1.54) is 32.4 Å². The number of nitrogens with zero attached hydrogens (tertiary/aromatic N) is 1. The number of halogens is 2. The van der Waals surface area contributed by atoms with Crippen LogP contribution < -0.4 is 19.9 Å². The smallest absolute Gasteiger partial charge is 0.221 e. The zero-order valence-electron chi connectivity index (χ0n) is 15.0. The van der Waals surface area contributed by atoms with Gasteiger partial charge >= 0.3 is 0 Å². The van der Waals surface area contributed by atoms with Gasteiger partial charge in [-0.25, -0.2) is 0 Å². The van der Waals surface area contributed by atoms with Gasteiger partial charge in [-0.05, 0) is 36.4 Å². The van der Waals surface area contributed by atoms with Crippen molar-refractivity contribution in [3.8, 4) is 23.1 Å². The number of anilines is 1. The molecule has 3 aromatic rings. The van der Waals surface area contributed by atoms with Gasteiger partial charge in [-0.3, -0.25) is 4.79 Å². The Bertz CT molecular complexity index is 1020. The zero-order chi connectivity index (χ0) is 20.3. The summed E-state index contributed by atoms with van der Waals surface area (Å²) in [6, 6.07) is 12.9. The second kappa shape index (κ2) is 8.37. The van der Waals surface area contributed by atoms with Gasteiger partial charge in [0.05, 0.1) is 30.4 Å². The van der Waals surface area contributed by atoms with E-state index in [4.69, 9.17) is 43.1 Å². The molecule has 0 aliphatic heterocycles. The van der Waals surface area contributed by atoms with Crippen molar-refractivity contribution in [1.82, 2.24) is 4.98 Å². The van der Waals surface area contributed by atoms with Gasteiger partial charge in [0, 0.05) is 17.2 Å². The largest absolute Gasteiger partial charge is 0.496 e. The molecule has 0 amide bonds. The van der Waals surface area contributed by atoms with Crippen molar-refractivity contribution in [2.45, 2.75) is 0 Å². The molecule has 0 spiro atoms. The summed E-state index contributed by atoms with van der Waals surface area (Å²) >= 11 is 11.9. The standard InChI is InChI=1S/C20H16Cl2N2O4/c1-26-16-10-15(22)17(27-2)9-14(16)19(25)13-7-8-18(24-20(13)23)28-12-5-3-11(21)4-6-12/h3-10H,1-2H3,(H2,23,24). The lowest BCUT2D eigenvalue weighted by Gasteiger charge is -2.13. The number of carbonyl (C=O) groups excluding carboxylic acids is 1. The molecule has 0 unspecified atom stereocenters. The van der Waals surface area contributed by atoms with E-state index in [-0.39, 0.29) is 28.6 Å². The lowest BCUT2D eigenvalue weighted by molar-refractivity contribution is 0.103. The van der Waals surface area contributed by atoms with Crippen LogP contribution in [0.2, 0.25) is 10.0 Å². The number of aromatic nitrogens is 1. The summed E-state index contributed by atoms with van der Waals surface area (Å²) in [5, 5.41) is 0.918. The van der Waals surface area contributed by atoms with Gasteiger partial charge in [0.1, 0.15) is 23.1 Å². The molecule has 6 nitrogen and oxygen atoms in total. The van der Waals surface area contributed by atoms with Crippen LogP contribution in [-0.2, 0) is 0 Å². The van der Waals surface area contributed by atoms with Crippen molar-refractivity contribution in [1.29, 1.82) is 0 Å². The highest BCUT2D eigenvalue weighted by molar-refractivity contribution is 6.32. The minimum atomic E-state index is -0.380. The molecule has 144 valence electrons. The minimum absolute atomic E-state index is 0.0208. The second-order valence-corrected chi connectivity index (χ2v) is 6.50. The number of hydrogen-bond donors (Lipinski definition) is 1. The molecule has 8 heteroatoms. The number of rotatable bonds is 6. The average Bonchev–Trinajstić information content (AvgIpc) is 2.69. The van der Waals surface area contributed by atoms with E-state index in [1.807, 2.05) is 0 Å². The molecule has 28 heavy (non-hydrogen) atoms. The summed E-state index contributed by atoms with van der Waals surface area (Å²) in [5.41, 5.74) is 6.45. The number of benzene rings is 2. The van der Waals surface area contributed by atoms with Crippen LogP contribution in [0.5, 0.6) is 23.1 Å². The molecule has 0 aliphatic rings. The monoisotopic (exact) mass is 418 g/mol. The summed E-state index contributed by atoms with van der Waals surface area (Å²) in [7, 11) is 2.90. The number of ether oxygens (including phenoxy) is 3. The van der Waals surface area contributed by atoms with Gasteiger partial charge < -0.3 is 19.9 Å². The Labute approximate surface area is 171 Å². The van der Waals surface area contributed by atoms with Crippen molar-refractivity contribution in [2.75, 3.05) is 20.0 Å². The zero-order valence-corrected chi connectivity index (χ0v) is 16.5. The van der Waals surface area contributed by atoms with Crippen LogP contribution in [0.25, 0.3) is 0 Å². The first-order valence-corrected chi connectivity index (χ1v) is 8.84. The van der Waals surface area contributed by atoms with Crippen LogP contribution in [0.4, 0.5) is 5.82 Å². The third kappa shape index (κ3) is 4.13. The summed E-state index contributed by atoms with van der Waals surface area (Å²) in [4.78, 5) is 17.1. The molecule has 0 bridgehead atoms. The highest BCUT2D eigenvalue weighted by Crippen LogP contribution is 2.34. The molecule has 1 aromatic heterocycles. The van der Waals surface area contributed by atoms with E-state index in [1.54, 1.807) is 30.3 Å². The Morgan fingerprint density at radius 3 is 2.21 bits per heavy atom. The fourth-order valence-corrected chi connectivity index (χ4v) is 2.87. The van der Waals surface area contributed by atoms with Crippen LogP contribution >= 0.6 is 23.2 Å². The number of methoxy groups -OCH3 is 2. The van der Waals surface area contributed by atoms with Gasteiger partial charge in [0.15, 0.2) is 0 Å². The maximum absolute atomic E-state index is 13.0. The highest BCUT2D eigenvalue weighted by atomic mass is 35.5. The van der Waals surface area contributed by atoms with Crippen molar-refractivity contribution < 1.29 is 19.0 Å². The van der Waals surface area contributed by atoms with Crippen molar-refractivity contribution in [2.24, 2.45) is 0 Å². The summed E-state index contributed by atoms with van der Waals surface area (Å²) in [6.45, 7) is 0. The minimum Gasteiger partial charge on any atom is -0.496 e. The Kier molecular flexibility index (Phi) is 5.92. The molecule has 0 fully saturated rings. The molecule has 0 atom stereocenters. The molecular formula is C20H16Cl2N2O4.